The first-order chi connectivity index (χ1) is 33.6. The average molecular weight is 988 g/mol. The van der Waals surface area contributed by atoms with E-state index >= 15 is 0 Å². The molecule has 17 nitrogen and oxygen atoms in total. The van der Waals surface area contributed by atoms with Crippen molar-refractivity contribution in [2.24, 2.45) is 17.8 Å². The largest absolute Gasteiger partial charge is 0.412 e. The van der Waals surface area contributed by atoms with Crippen molar-refractivity contribution in [3.63, 3.8) is 0 Å². The van der Waals surface area contributed by atoms with Gasteiger partial charge in [0.05, 0.1) is 11.8 Å². The van der Waals surface area contributed by atoms with Gasteiger partial charge in [0.25, 0.3) is 11.8 Å². The lowest BCUT2D eigenvalue weighted by molar-refractivity contribution is -0.163. The number of hydrogen-bond donors (Lipinski definition) is 4. The summed E-state index contributed by atoms with van der Waals surface area (Å²) in [5.74, 6) is -4.93. The zero-order valence-electron chi connectivity index (χ0n) is 37.9. The Hall–Kier alpha value is -8.11. The van der Waals surface area contributed by atoms with Gasteiger partial charge < -0.3 is 31.9 Å². The van der Waals surface area contributed by atoms with Crippen molar-refractivity contribution in [1.29, 1.82) is 0 Å². The number of imide groups is 2. The van der Waals surface area contributed by atoms with Crippen LogP contribution in [-0.4, -0.2) is 105 Å². The molecule has 2 saturated heterocycles. The zero-order valence-corrected chi connectivity index (χ0v) is 37.9. The van der Waals surface area contributed by atoms with Gasteiger partial charge >= 0.3 is 24.4 Å². The highest BCUT2D eigenvalue weighted by molar-refractivity contribution is 6.13. The van der Waals surface area contributed by atoms with Gasteiger partial charge in [0.2, 0.25) is 11.8 Å². The molecule has 1 aliphatic carbocycles. The molecule has 6 N–H and O–H groups in total. The van der Waals surface area contributed by atoms with Gasteiger partial charge in [0, 0.05) is 55.8 Å². The molecule has 8 rings (SSSR count). The predicted octanol–water partition coefficient (Wildman–Crippen LogP) is 5.85. The highest BCUT2D eigenvalue weighted by Gasteiger charge is 2.59. The van der Waals surface area contributed by atoms with Gasteiger partial charge in [-0.1, -0.05) is 42.5 Å². The Bertz CT molecular complexity index is 2750. The lowest BCUT2D eigenvalue weighted by Crippen LogP contribution is -2.71. The number of para-hydroxylation sites is 2. The minimum absolute atomic E-state index is 0.0413. The Labute approximate surface area is 402 Å². The predicted molar refractivity (Wildman–Crippen MR) is 245 cm³/mol. The number of likely N-dealkylation sites (N-methyl/N-ethyl adjacent to an activating group) is 2. The Kier molecular flexibility index (Phi) is 14.9. The number of rotatable bonds is 12. The van der Waals surface area contributed by atoms with Gasteiger partial charge in [-0.15, -0.1) is 0 Å². The first kappa shape index (κ1) is 50.8. The Morgan fingerprint density at radius 3 is 1.48 bits per heavy atom. The number of anilines is 4. The quantitative estimate of drug-likeness (QED) is 0.0856. The summed E-state index contributed by atoms with van der Waals surface area (Å²) >= 11 is 0. The topological polar surface area (TPSA) is 230 Å². The summed E-state index contributed by atoms with van der Waals surface area (Å²) in [6.07, 6.45) is -3.57. The van der Waals surface area contributed by atoms with E-state index in [2.05, 4.69) is 15.0 Å². The summed E-state index contributed by atoms with van der Waals surface area (Å²) in [5.41, 5.74) is 13.3. The van der Waals surface area contributed by atoms with Crippen LogP contribution in [0.15, 0.2) is 122 Å². The van der Waals surface area contributed by atoms with Crippen molar-refractivity contribution in [3.8, 4) is 0 Å². The van der Waals surface area contributed by atoms with E-state index < -0.39 is 90.0 Å². The number of urea groups is 2. The summed E-state index contributed by atoms with van der Waals surface area (Å²) in [4.78, 5) is 94.0. The zero-order chi connectivity index (χ0) is 51.4. The second-order valence-corrected chi connectivity index (χ2v) is 17.1. The molecule has 71 heavy (non-hydrogen) atoms. The summed E-state index contributed by atoms with van der Waals surface area (Å²) in [6.45, 7) is 0. The smallest absolute Gasteiger partial charge is 0.384 e. The Balaban J connectivity index is 0.000000209. The van der Waals surface area contributed by atoms with Crippen molar-refractivity contribution in [3.05, 3.63) is 139 Å². The van der Waals surface area contributed by atoms with Crippen LogP contribution in [0.1, 0.15) is 35.6 Å². The molecule has 3 aliphatic rings. The standard InChI is InChI=1S/C25H23F3N6O3.C23H24F3N5O3/c1-33(17-7-3-2-4-8-17)23(36)20-18(12-15-9-11-31-19(29)13-15)22(35)34(20)24(37)32-21(25(26,27)28)16-6-5-10-30-14-16;1-30(15-5-3-2-4-6-15)21(33)18-16(11-13-9-10-28-17(27)12-13)20(32)31(18)22(34)29-19(14-7-8-14)23(24,25)26/h2-11,13-14,18,20-21H,12H2,1H3,(H2,29,31)(H,32,37);2-6,9-10,12,14,16,18-19H,7-8,11H2,1H3,(H2,27,28)(H,29,34)/t18-,20+,21+;16-,18+,19+/m11/s1. The fraction of sp³-hybridized carbons (Fsp3) is 0.312. The third-order valence-corrected chi connectivity index (χ3v) is 12.3. The molecular weight excluding hydrogens is 941 g/mol. The number of hydrogen-bond acceptors (Lipinski definition) is 11. The number of aromatic nitrogens is 3. The van der Waals surface area contributed by atoms with Gasteiger partial charge in [-0.25, -0.2) is 19.6 Å². The molecular formula is C48H47F6N11O6. The maximum Gasteiger partial charge on any atom is 0.412 e. The maximum absolute atomic E-state index is 13.8. The molecule has 5 heterocycles. The molecule has 6 atom stereocenters. The van der Waals surface area contributed by atoms with Crippen molar-refractivity contribution >= 4 is 58.7 Å². The molecule has 1 saturated carbocycles. The molecule has 372 valence electrons. The van der Waals surface area contributed by atoms with Crippen LogP contribution in [0.25, 0.3) is 0 Å². The van der Waals surface area contributed by atoms with Gasteiger partial charge in [-0.05, 0) is 97.3 Å². The van der Waals surface area contributed by atoms with Crippen LogP contribution in [-0.2, 0) is 32.0 Å². The minimum atomic E-state index is -4.87. The van der Waals surface area contributed by atoms with E-state index in [9.17, 15) is 55.1 Å². The molecule has 3 aromatic heterocycles. The van der Waals surface area contributed by atoms with Crippen LogP contribution >= 0.6 is 0 Å². The molecule has 3 fully saturated rings. The first-order valence-electron chi connectivity index (χ1n) is 22.0. The number of carbonyl (C=O) groups is 6. The number of benzene rings is 2. The second kappa shape index (κ2) is 20.9. The summed E-state index contributed by atoms with van der Waals surface area (Å²) in [7, 11) is 2.95. The minimum Gasteiger partial charge on any atom is -0.384 e. The number of amides is 8. The summed E-state index contributed by atoms with van der Waals surface area (Å²) < 4.78 is 81.8. The number of nitrogen functional groups attached to an aromatic ring is 2. The van der Waals surface area contributed by atoms with Crippen LogP contribution in [0.3, 0.4) is 0 Å². The number of nitrogens with zero attached hydrogens (tertiary/aromatic N) is 7. The number of β-lactam (4-membered cyclic amide) rings is 2. The first-order valence-corrected chi connectivity index (χ1v) is 22.0. The molecule has 5 aromatic rings. The normalized spacial score (nSPS) is 19.4. The van der Waals surface area contributed by atoms with Crippen LogP contribution in [0.2, 0.25) is 0 Å². The molecule has 23 heteroatoms. The number of halogens is 6. The number of nitrogens with two attached hydrogens (primary N) is 2. The molecule has 0 bridgehead atoms. The fourth-order valence-electron chi connectivity index (χ4n) is 8.41. The van der Waals surface area contributed by atoms with E-state index in [0.717, 1.165) is 12.3 Å². The molecule has 2 aliphatic heterocycles. The number of nitrogens with one attached hydrogen (secondary N) is 2. The van der Waals surface area contributed by atoms with E-state index in [0.29, 0.717) is 45.1 Å². The summed E-state index contributed by atoms with van der Waals surface area (Å²) in [5, 5.41) is 3.81. The molecule has 2 aromatic carbocycles. The van der Waals surface area contributed by atoms with Crippen LogP contribution < -0.4 is 31.9 Å². The van der Waals surface area contributed by atoms with Crippen molar-refractivity contribution in [1.82, 2.24) is 35.4 Å². The highest BCUT2D eigenvalue weighted by Crippen LogP contribution is 2.41. The average Bonchev–Trinajstić information content (AvgIpc) is 4.19. The highest BCUT2D eigenvalue weighted by atomic mass is 19.4. The van der Waals surface area contributed by atoms with E-state index in [1.807, 2.05) is 10.6 Å². The van der Waals surface area contributed by atoms with Crippen LogP contribution in [0.4, 0.5) is 58.9 Å². The molecule has 0 unspecified atom stereocenters. The number of alkyl halides is 6. The molecule has 0 spiro atoms. The fourth-order valence-corrected chi connectivity index (χ4v) is 8.41. The molecule has 0 radical (unpaired) electrons. The Morgan fingerprint density at radius 1 is 0.648 bits per heavy atom. The SMILES string of the molecule is CN(C(=O)[C@@H]1[C@@H](Cc2ccnc(N)c2)C(=O)N1C(=O)N[C@@H](C1CC1)C(F)(F)F)c1ccccc1.CN(C(=O)[C@@H]1[C@@H](Cc2ccnc(N)c2)C(=O)N1C(=O)N[C@@H](c1cccnc1)C(F)(F)F)c1ccccc1. The van der Waals surface area contributed by atoms with E-state index in [-0.39, 0.29) is 30.0 Å². The lowest BCUT2D eigenvalue weighted by Gasteiger charge is -2.46. The van der Waals surface area contributed by atoms with Gasteiger partial charge in [0.15, 0.2) is 6.04 Å². The van der Waals surface area contributed by atoms with Gasteiger partial charge in [0.1, 0.15) is 29.8 Å². The van der Waals surface area contributed by atoms with Crippen LogP contribution in [0.5, 0.6) is 0 Å². The van der Waals surface area contributed by atoms with Crippen molar-refractivity contribution in [2.45, 2.75) is 62.2 Å². The number of carbonyl (C=O) groups excluding carboxylic acids is 6. The monoisotopic (exact) mass is 987 g/mol. The van der Waals surface area contributed by atoms with Crippen molar-refractivity contribution < 1.29 is 55.1 Å². The van der Waals surface area contributed by atoms with E-state index in [1.54, 1.807) is 78.9 Å². The third kappa shape index (κ3) is 11.5. The Morgan fingerprint density at radius 2 is 1.10 bits per heavy atom. The van der Waals surface area contributed by atoms with E-state index in [1.165, 1.54) is 54.6 Å². The van der Waals surface area contributed by atoms with Crippen molar-refractivity contribution in [2.75, 3.05) is 35.4 Å². The van der Waals surface area contributed by atoms with Crippen LogP contribution in [0, 0.1) is 17.8 Å². The van der Waals surface area contributed by atoms with Gasteiger partial charge in [-0.2, -0.15) is 26.3 Å². The number of likely N-dealkylation sites (tertiary alicyclic amines) is 2. The second-order valence-electron chi connectivity index (χ2n) is 17.1. The van der Waals surface area contributed by atoms with Gasteiger partial charge in [-0.3, -0.25) is 34.0 Å². The number of pyridine rings is 3. The lowest BCUT2D eigenvalue weighted by atomic mass is 9.81. The molecule has 8 amide bonds. The van der Waals surface area contributed by atoms with E-state index in [4.69, 9.17) is 11.5 Å². The maximum atomic E-state index is 13.8. The summed E-state index contributed by atoms with van der Waals surface area (Å²) in [6, 6.07) is 16.1. The third-order valence-electron chi connectivity index (χ3n) is 12.3.